The number of carbonyl (C=O) groups is 1. The first-order valence-corrected chi connectivity index (χ1v) is 7.87. The number of anilines is 1. The zero-order valence-electron chi connectivity index (χ0n) is 10.9. The Morgan fingerprint density at radius 3 is 2.81 bits per heavy atom. The maximum atomic E-state index is 12.2. The lowest BCUT2D eigenvalue weighted by Crippen LogP contribution is -2.22. The average molecular weight is 316 g/mol. The van der Waals surface area contributed by atoms with Gasteiger partial charge in [-0.05, 0) is 35.1 Å². The highest BCUT2D eigenvalue weighted by molar-refractivity contribution is 7.10. The molecule has 0 saturated carbocycles. The van der Waals surface area contributed by atoms with Crippen molar-refractivity contribution in [3.8, 4) is 11.3 Å². The summed E-state index contributed by atoms with van der Waals surface area (Å²) >= 11 is 2.71. The Balaban J connectivity index is 1.77. The van der Waals surface area contributed by atoms with Crippen molar-refractivity contribution in [1.82, 2.24) is 14.7 Å². The van der Waals surface area contributed by atoms with Gasteiger partial charge in [0.25, 0.3) is 5.91 Å². The molecule has 5 nitrogen and oxygen atoms in total. The van der Waals surface area contributed by atoms with Crippen LogP contribution < -0.4 is 11.1 Å². The summed E-state index contributed by atoms with van der Waals surface area (Å²) in [7, 11) is 0. The molecule has 0 fully saturated rings. The van der Waals surface area contributed by atoms with E-state index in [0.717, 1.165) is 22.0 Å². The van der Waals surface area contributed by atoms with Gasteiger partial charge in [-0.15, -0.1) is 11.3 Å². The van der Waals surface area contributed by atoms with Crippen molar-refractivity contribution in [2.45, 2.75) is 6.54 Å². The van der Waals surface area contributed by atoms with E-state index in [1.54, 1.807) is 23.7 Å². The number of nitrogens with one attached hydrogen (secondary N) is 1. The van der Waals surface area contributed by atoms with Crippen molar-refractivity contribution in [3.63, 3.8) is 0 Å². The SMILES string of the molecule is Nc1c(-c2ccncc2)nsc1C(=O)NCc1cccs1. The first kappa shape index (κ1) is 13.7. The summed E-state index contributed by atoms with van der Waals surface area (Å²) in [4.78, 5) is 17.7. The molecule has 3 aromatic heterocycles. The monoisotopic (exact) mass is 316 g/mol. The third-order valence-corrected chi connectivity index (χ3v) is 4.63. The summed E-state index contributed by atoms with van der Waals surface area (Å²) in [5, 5.41) is 4.83. The smallest absolute Gasteiger partial charge is 0.265 e. The van der Waals surface area contributed by atoms with Gasteiger partial charge in [0.05, 0.1) is 12.2 Å². The molecule has 3 aromatic rings. The molecular weight excluding hydrogens is 304 g/mol. The van der Waals surface area contributed by atoms with E-state index >= 15 is 0 Å². The summed E-state index contributed by atoms with van der Waals surface area (Å²) in [5.41, 5.74) is 7.95. The molecule has 0 aromatic carbocycles. The summed E-state index contributed by atoms with van der Waals surface area (Å²) in [6, 6.07) is 7.57. The molecule has 0 saturated heterocycles. The van der Waals surface area contributed by atoms with E-state index in [0.29, 0.717) is 22.8 Å². The molecule has 1 amide bonds. The Morgan fingerprint density at radius 2 is 2.10 bits per heavy atom. The molecule has 0 atom stereocenters. The predicted octanol–water partition coefficient (Wildman–Crippen LogP) is 2.78. The van der Waals surface area contributed by atoms with Crippen LogP contribution in [0.2, 0.25) is 0 Å². The number of hydrogen-bond donors (Lipinski definition) is 2. The third-order valence-electron chi connectivity index (χ3n) is 2.89. The van der Waals surface area contributed by atoms with Crippen LogP contribution in [0, 0.1) is 0 Å². The zero-order valence-corrected chi connectivity index (χ0v) is 12.6. The number of nitrogen functional groups attached to an aromatic ring is 1. The summed E-state index contributed by atoms with van der Waals surface area (Å²) in [6.45, 7) is 0.498. The minimum absolute atomic E-state index is 0.196. The number of hydrogen-bond acceptors (Lipinski definition) is 6. The maximum Gasteiger partial charge on any atom is 0.265 e. The molecule has 0 spiro atoms. The molecule has 21 heavy (non-hydrogen) atoms. The van der Waals surface area contributed by atoms with Gasteiger partial charge in [0.15, 0.2) is 0 Å². The molecule has 3 heterocycles. The van der Waals surface area contributed by atoms with Crippen LogP contribution in [0.3, 0.4) is 0 Å². The van der Waals surface area contributed by atoms with E-state index in [1.807, 2.05) is 29.6 Å². The second kappa shape index (κ2) is 6.02. The Hall–Kier alpha value is -2.25. The second-order valence-corrected chi connectivity index (χ2v) is 6.08. The van der Waals surface area contributed by atoms with Crippen molar-refractivity contribution in [2.24, 2.45) is 0 Å². The Morgan fingerprint density at radius 1 is 1.29 bits per heavy atom. The largest absolute Gasteiger partial charge is 0.396 e. The van der Waals surface area contributed by atoms with Crippen molar-refractivity contribution in [1.29, 1.82) is 0 Å². The van der Waals surface area contributed by atoms with Gasteiger partial charge in [0.2, 0.25) is 0 Å². The minimum atomic E-state index is -0.196. The van der Waals surface area contributed by atoms with Crippen molar-refractivity contribution in [3.05, 3.63) is 51.8 Å². The lowest BCUT2D eigenvalue weighted by atomic mass is 10.1. The molecule has 0 unspecified atom stereocenters. The normalized spacial score (nSPS) is 10.5. The highest BCUT2D eigenvalue weighted by Gasteiger charge is 2.18. The average Bonchev–Trinajstić information content (AvgIpc) is 3.15. The molecule has 3 rings (SSSR count). The van der Waals surface area contributed by atoms with E-state index in [-0.39, 0.29) is 5.91 Å². The summed E-state index contributed by atoms with van der Waals surface area (Å²) < 4.78 is 4.28. The molecule has 7 heteroatoms. The topological polar surface area (TPSA) is 80.9 Å². The number of nitrogens with zero attached hydrogens (tertiary/aromatic N) is 2. The van der Waals surface area contributed by atoms with E-state index in [1.165, 1.54) is 0 Å². The Bertz CT molecular complexity index is 738. The molecule has 3 N–H and O–H groups in total. The van der Waals surface area contributed by atoms with E-state index in [4.69, 9.17) is 5.73 Å². The zero-order chi connectivity index (χ0) is 14.7. The molecule has 106 valence electrons. The van der Waals surface area contributed by atoms with E-state index in [2.05, 4.69) is 14.7 Å². The van der Waals surface area contributed by atoms with Crippen LogP contribution in [0.25, 0.3) is 11.3 Å². The standard InChI is InChI=1S/C14H12N4OS2/c15-11-12(9-3-5-16-6-4-9)18-21-13(11)14(19)17-8-10-2-1-7-20-10/h1-7H,8,15H2,(H,17,19). The number of rotatable bonds is 4. The van der Waals surface area contributed by atoms with Crippen LogP contribution in [0.5, 0.6) is 0 Å². The van der Waals surface area contributed by atoms with Crippen LogP contribution in [-0.2, 0) is 6.54 Å². The number of pyridine rings is 1. The quantitative estimate of drug-likeness (QED) is 0.775. The molecule has 0 bridgehead atoms. The van der Waals surface area contributed by atoms with Crippen molar-refractivity contribution >= 4 is 34.5 Å². The Labute approximate surface area is 129 Å². The van der Waals surface area contributed by atoms with Gasteiger partial charge in [0, 0.05) is 22.8 Å². The van der Waals surface area contributed by atoms with E-state index in [9.17, 15) is 4.79 Å². The van der Waals surface area contributed by atoms with Gasteiger partial charge in [-0.3, -0.25) is 9.78 Å². The number of aromatic nitrogens is 2. The lowest BCUT2D eigenvalue weighted by Gasteiger charge is -2.02. The van der Waals surface area contributed by atoms with Gasteiger partial charge in [-0.1, -0.05) is 6.07 Å². The number of amides is 1. The van der Waals surface area contributed by atoms with Crippen molar-refractivity contribution in [2.75, 3.05) is 5.73 Å². The van der Waals surface area contributed by atoms with Gasteiger partial charge in [-0.2, -0.15) is 4.37 Å². The van der Waals surface area contributed by atoms with Gasteiger partial charge in [-0.25, -0.2) is 0 Å². The minimum Gasteiger partial charge on any atom is -0.396 e. The fourth-order valence-corrected chi connectivity index (χ4v) is 3.22. The highest BCUT2D eigenvalue weighted by atomic mass is 32.1. The van der Waals surface area contributed by atoms with Gasteiger partial charge >= 0.3 is 0 Å². The summed E-state index contributed by atoms with van der Waals surface area (Å²) in [5.74, 6) is -0.196. The van der Waals surface area contributed by atoms with Crippen LogP contribution in [0.4, 0.5) is 5.69 Å². The number of carbonyl (C=O) groups excluding carboxylic acids is 1. The lowest BCUT2D eigenvalue weighted by molar-refractivity contribution is 0.0956. The molecule has 0 aliphatic carbocycles. The number of thiophene rings is 1. The molecule has 0 aliphatic heterocycles. The predicted molar refractivity (Wildman–Crippen MR) is 85.2 cm³/mol. The second-order valence-electron chi connectivity index (χ2n) is 4.27. The van der Waals surface area contributed by atoms with Crippen LogP contribution in [-0.4, -0.2) is 15.3 Å². The van der Waals surface area contributed by atoms with Crippen molar-refractivity contribution < 1.29 is 4.79 Å². The van der Waals surface area contributed by atoms with Crippen LogP contribution in [0.15, 0.2) is 42.0 Å². The molecular formula is C14H12N4OS2. The third kappa shape index (κ3) is 2.93. The van der Waals surface area contributed by atoms with E-state index < -0.39 is 0 Å². The summed E-state index contributed by atoms with van der Waals surface area (Å²) in [6.07, 6.45) is 3.34. The highest BCUT2D eigenvalue weighted by Crippen LogP contribution is 2.30. The molecule has 0 radical (unpaired) electrons. The Kier molecular flexibility index (Phi) is 3.94. The fraction of sp³-hybridized carbons (Fsp3) is 0.0714. The van der Waals surface area contributed by atoms with Crippen LogP contribution in [0.1, 0.15) is 14.5 Å². The number of nitrogens with two attached hydrogens (primary N) is 1. The first-order valence-electron chi connectivity index (χ1n) is 6.22. The van der Waals surface area contributed by atoms with Gasteiger partial charge in [0.1, 0.15) is 10.6 Å². The van der Waals surface area contributed by atoms with Crippen LogP contribution >= 0.6 is 22.9 Å². The maximum absolute atomic E-state index is 12.2. The van der Waals surface area contributed by atoms with Gasteiger partial charge < -0.3 is 11.1 Å². The fourth-order valence-electron chi connectivity index (χ4n) is 1.84. The first-order chi connectivity index (χ1) is 10.3. The molecule has 0 aliphatic rings.